The fourth-order valence-electron chi connectivity index (χ4n) is 0.0623. The van der Waals surface area contributed by atoms with Crippen LogP contribution in [0, 0.1) is 0 Å². The van der Waals surface area contributed by atoms with E-state index in [2.05, 4.69) is 20.7 Å². The third-order valence-electron chi connectivity index (χ3n) is 0.176. The Bertz CT molecular complexity index is 59.8. The quantitative estimate of drug-likeness (QED) is 0.295. The van der Waals surface area contributed by atoms with Crippen molar-refractivity contribution in [1.29, 1.82) is 0 Å². The zero-order valence-electron chi connectivity index (χ0n) is 3.46. The lowest BCUT2D eigenvalue weighted by molar-refractivity contribution is 1.25. The summed E-state index contributed by atoms with van der Waals surface area (Å²) in [5, 5.41) is 3.38. The summed E-state index contributed by atoms with van der Waals surface area (Å²) >= 11 is 0.980. The van der Waals surface area contributed by atoms with Gasteiger partial charge in [-0.15, -0.1) is 0 Å². The fourth-order valence-corrected chi connectivity index (χ4v) is 0.187. The molecule has 34 valence electrons. The predicted molar refractivity (Wildman–Crippen MR) is 27.9 cm³/mol. The highest BCUT2D eigenvalue weighted by Gasteiger charge is 1.60. The predicted octanol–water partition coefficient (Wildman–Crippen LogP) is 1.33. The number of hydrogen-bond acceptors (Lipinski definition) is 4. The largest absolute Gasteiger partial charge is 0.208 e. The highest BCUT2D eigenvalue weighted by atomic mass is 32.2. The Balaban J connectivity index is 2.85. The van der Waals surface area contributed by atoms with Gasteiger partial charge < -0.3 is 0 Å². The molecule has 0 aliphatic heterocycles. The Morgan fingerprint density at radius 2 is 2.33 bits per heavy atom. The van der Waals surface area contributed by atoms with Gasteiger partial charge in [-0.3, -0.25) is 0 Å². The monoisotopic (exact) mass is 103 g/mol. The lowest BCUT2D eigenvalue weighted by Crippen LogP contribution is -1.38. The molecule has 0 aromatic heterocycles. The molecule has 0 aliphatic carbocycles. The van der Waals surface area contributed by atoms with Crippen LogP contribution in [-0.4, -0.2) is 13.8 Å². The summed E-state index contributed by atoms with van der Waals surface area (Å²) < 4.78 is 6.73. The average molecular weight is 103 g/mol. The van der Waals surface area contributed by atoms with E-state index in [1.54, 1.807) is 7.05 Å². The first-order valence-electron chi connectivity index (χ1n) is 1.33. The molecule has 0 saturated heterocycles. The summed E-state index contributed by atoms with van der Waals surface area (Å²) in [5.41, 5.74) is 0. The molecule has 0 N–H and O–H groups in total. The Hall–Kier alpha value is -0.380. The third kappa shape index (κ3) is 3.62. The molecule has 0 rings (SSSR count). The highest BCUT2D eigenvalue weighted by Crippen LogP contribution is 1.98. The van der Waals surface area contributed by atoms with Crippen molar-refractivity contribution in [3.05, 3.63) is 0 Å². The van der Waals surface area contributed by atoms with Crippen LogP contribution >= 0.6 is 12.1 Å². The summed E-state index contributed by atoms with van der Waals surface area (Å²) in [4.78, 5) is 0. The zero-order chi connectivity index (χ0) is 4.83. The van der Waals surface area contributed by atoms with Gasteiger partial charge in [0, 0.05) is 13.8 Å². The van der Waals surface area contributed by atoms with E-state index in [1.165, 1.54) is 0 Å². The smallest absolute Gasteiger partial charge is 0.136 e. The second kappa shape index (κ2) is 4.62. The molecule has 0 heterocycles. The van der Waals surface area contributed by atoms with Gasteiger partial charge in [0.15, 0.2) is 0 Å². The van der Waals surface area contributed by atoms with Crippen LogP contribution in [0.5, 0.6) is 0 Å². The zero-order valence-corrected chi connectivity index (χ0v) is 4.27. The van der Waals surface area contributed by atoms with Crippen LogP contribution in [0.1, 0.15) is 0 Å². The summed E-state index contributed by atoms with van der Waals surface area (Å²) in [6, 6.07) is 0. The first-order valence-corrected chi connectivity index (χ1v) is 2.06. The maximum Gasteiger partial charge on any atom is 0.136 e. The van der Waals surface area contributed by atoms with E-state index in [0.717, 1.165) is 12.1 Å². The Labute approximate surface area is 40.8 Å². The lowest BCUT2D eigenvalue weighted by Gasteiger charge is -1.68. The molecule has 4 heteroatoms. The molecule has 0 unspecified atom stereocenters. The van der Waals surface area contributed by atoms with Crippen molar-refractivity contribution in [3.8, 4) is 0 Å². The second-order valence-electron chi connectivity index (χ2n) is 0.492. The minimum absolute atomic E-state index is 0.980. The number of nitrogens with zero attached hydrogens (tertiary/aromatic N) is 3. The molecule has 0 aliphatic rings. The molecule has 0 aromatic rings. The lowest BCUT2D eigenvalue weighted by atomic mass is 11.6. The molecule has 0 atom stereocenters. The molecule has 0 aromatic carbocycles. The summed E-state index contributed by atoms with van der Waals surface area (Å²) in [7, 11) is 1.58. The first kappa shape index (κ1) is 5.62. The SMILES string of the molecule is C=NSN=NC. The Morgan fingerprint density at radius 3 is 2.50 bits per heavy atom. The van der Waals surface area contributed by atoms with Crippen molar-refractivity contribution < 1.29 is 0 Å². The van der Waals surface area contributed by atoms with Crippen molar-refractivity contribution in [2.45, 2.75) is 0 Å². The maximum absolute atomic E-state index is 3.40. The van der Waals surface area contributed by atoms with Crippen molar-refractivity contribution >= 4 is 18.9 Å². The molecule has 0 spiro atoms. The molecule has 0 bridgehead atoms. The van der Waals surface area contributed by atoms with Crippen LogP contribution in [0.2, 0.25) is 0 Å². The first-order chi connectivity index (χ1) is 2.91. The van der Waals surface area contributed by atoms with Gasteiger partial charge in [-0.05, 0) is 0 Å². The van der Waals surface area contributed by atoms with Gasteiger partial charge in [0.25, 0.3) is 0 Å². The highest BCUT2D eigenvalue weighted by molar-refractivity contribution is 7.96. The van der Waals surface area contributed by atoms with Crippen LogP contribution < -0.4 is 0 Å². The van der Waals surface area contributed by atoms with Crippen molar-refractivity contribution in [1.82, 2.24) is 0 Å². The standard InChI is InChI=1S/C2H5N3S/c1-3-5-6-4-2/h2H2,1H3. The molecular weight excluding hydrogens is 98.1 g/mol. The minimum Gasteiger partial charge on any atom is -0.208 e. The molecule has 3 nitrogen and oxygen atoms in total. The van der Waals surface area contributed by atoms with Crippen LogP contribution in [0.15, 0.2) is 14.0 Å². The van der Waals surface area contributed by atoms with Crippen molar-refractivity contribution in [2.75, 3.05) is 7.05 Å². The Morgan fingerprint density at radius 1 is 1.67 bits per heavy atom. The van der Waals surface area contributed by atoms with E-state index < -0.39 is 0 Å². The van der Waals surface area contributed by atoms with Gasteiger partial charge in [0.1, 0.15) is 12.1 Å². The minimum atomic E-state index is 0.980. The van der Waals surface area contributed by atoms with Gasteiger partial charge in [-0.2, -0.15) is 5.11 Å². The average Bonchev–Trinajstić information content (AvgIpc) is 1.61. The van der Waals surface area contributed by atoms with Crippen molar-refractivity contribution in [3.63, 3.8) is 0 Å². The maximum atomic E-state index is 3.40. The van der Waals surface area contributed by atoms with E-state index >= 15 is 0 Å². The fraction of sp³-hybridized carbons (Fsp3) is 0.500. The second-order valence-corrected chi connectivity index (χ2v) is 1.08. The van der Waals surface area contributed by atoms with Gasteiger partial charge in [-0.1, -0.05) is 4.52 Å². The van der Waals surface area contributed by atoms with Gasteiger partial charge in [-0.25, -0.2) is 4.40 Å². The van der Waals surface area contributed by atoms with E-state index in [9.17, 15) is 0 Å². The van der Waals surface area contributed by atoms with Crippen LogP contribution in [0.25, 0.3) is 0 Å². The van der Waals surface area contributed by atoms with E-state index in [-0.39, 0.29) is 0 Å². The molecule has 0 radical (unpaired) electrons. The van der Waals surface area contributed by atoms with Crippen LogP contribution in [0.4, 0.5) is 0 Å². The summed E-state index contributed by atoms with van der Waals surface area (Å²) in [6.07, 6.45) is 0. The third-order valence-corrected chi connectivity index (χ3v) is 0.528. The molecule has 6 heavy (non-hydrogen) atoms. The summed E-state index contributed by atoms with van der Waals surface area (Å²) in [5.74, 6) is 0. The van der Waals surface area contributed by atoms with Crippen LogP contribution in [0.3, 0.4) is 0 Å². The molecule has 0 fully saturated rings. The number of hydrogen-bond donors (Lipinski definition) is 0. The molecule has 0 saturated carbocycles. The normalized spacial score (nSPS) is 9.50. The molecule has 0 amide bonds. The Kier molecular flexibility index (Phi) is 4.33. The topological polar surface area (TPSA) is 37.1 Å². The molecular formula is C2H5N3S. The van der Waals surface area contributed by atoms with E-state index in [0.29, 0.717) is 0 Å². The van der Waals surface area contributed by atoms with E-state index in [1.807, 2.05) is 0 Å². The number of rotatable bonds is 2. The van der Waals surface area contributed by atoms with Crippen LogP contribution in [-0.2, 0) is 0 Å². The van der Waals surface area contributed by atoms with Gasteiger partial charge in [0.2, 0.25) is 0 Å². The van der Waals surface area contributed by atoms with E-state index in [4.69, 9.17) is 0 Å². The van der Waals surface area contributed by atoms with Gasteiger partial charge >= 0.3 is 0 Å². The summed E-state index contributed by atoms with van der Waals surface area (Å²) in [6.45, 7) is 3.16. The van der Waals surface area contributed by atoms with Gasteiger partial charge in [0.05, 0.1) is 0 Å². The van der Waals surface area contributed by atoms with Crippen molar-refractivity contribution in [2.24, 2.45) is 14.0 Å².